The fourth-order valence-electron chi connectivity index (χ4n) is 1.69. The van der Waals surface area contributed by atoms with Crippen LogP contribution < -0.4 is 5.32 Å². The standard InChI is InChI=1S/C12H21F3N2O/c1-2-3-8-17(9-12(13,14)15)11(18)6-7-16-10-4-5-10/h10,16H,2-9H2,1H3. The van der Waals surface area contributed by atoms with E-state index in [0.29, 0.717) is 19.0 Å². The van der Waals surface area contributed by atoms with E-state index in [9.17, 15) is 18.0 Å². The maximum Gasteiger partial charge on any atom is 0.406 e. The Bertz CT molecular complexity index is 265. The SMILES string of the molecule is CCCCN(CC(F)(F)F)C(=O)CCNC1CC1. The maximum absolute atomic E-state index is 12.3. The highest BCUT2D eigenvalue weighted by molar-refractivity contribution is 5.76. The molecule has 0 aromatic heterocycles. The van der Waals surface area contributed by atoms with E-state index in [4.69, 9.17) is 0 Å². The predicted molar refractivity (Wildman–Crippen MR) is 63.2 cm³/mol. The zero-order chi connectivity index (χ0) is 13.6. The summed E-state index contributed by atoms with van der Waals surface area (Å²) in [4.78, 5) is 12.6. The molecule has 0 aromatic carbocycles. The molecule has 1 rings (SSSR count). The van der Waals surface area contributed by atoms with Crippen LogP contribution in [-0.4, -0.2) is 42.7 Å². The van der Waals surface area contributed by atoms with Crippen LogP contribution in [0.3, 0.4) is 0 Å². The van der Waals surface area contributed by atoms with Gasteiger partial charge in [-0.25, -0.2) is 0 Å². The Morgan fingerprint density at radius 3 is 2.56 bits per heavy atom. The molecule has 106 valence electrons. The first kappa shape index (κ1) is 15.3. The van der Waals surface area contributed by atoms with Crippen LogP contribution in [-0.2, 0) is 4.79 Å². The van der Waals surface area contributed by atoms with Crippen molar-refractivity contribution in [3.05, 3.63) is 0 Å². The summed E-state index contributed by atoms with van der Waals surface area (Å²) in [5.41, 5.74) is 0. The van der Waals surface area contributed by atoms with Crippen molar-refractivity contribution < 1.29 is 18.0 Å². The number of carbonyl (C=O) groups is 1. The first-order valence-electron chi connectivity index (χ1n) is 6.50. The molecule has 1 aliphatic rings. The van der Waals surface area contributed by atoms with Crippen molar-refractivity contribution in [3.63, 3.8) is 0 Å². The summed E-state index contributed by atoms with van der Waals surface area (Å²) < 4.78 is 37.0. The maximum atomic E-state index is 12.3. The molecule has 6 heteroatoms. The van der Waals surface area contributed by atoms with Gasteiger partial charge in [-0.15, -0.1) is 0 Å². The number of unbranched alkanes of at least 4 members (excludes halogenated alkanes) is 1. The third-order valence-corrected chi connectivity index (χ3v) is 2.85. The van der Waals surface area contributed by atoms with E-state index in [2.05, 4.69) is 5.32 Å². The smallest absolute Gasteiger partial charge is 0.334 e. The number of rotatable bonds is 8. The molecule has 1 N–H and O–H groups in total. The largest absolute Gasteiger partial charge is 0.406 e. The lowest BCUT2D eigenvalue weighted by atomic mass is 10.2. The predicted octanol–water partition coefficient (Wildman–Crippen LogP) is 2.32. The van der Waals surface area contributed by atoms with Crippen molar-refractivity contribution in [2.24, 2.45) is 0 Å². The third kappa shape index (κ3) is 6.83. The minimum atomic E-state index is -4.31. The van der Waals surface area contributed by atoms with E-state index >= 15 is 0 Å². The molecule has 0 unspecified atom stereocenters. The molecule has 0 heterocycles. The Hall–Kier alpha value is -0.780. The second-order valence-electron chi connectivity index (χ2n) is 4.76. The van der Waals surface area contributed by atoms with Gasteiger partial charge in [0.15, 0.2) is 0 Å². The van der Waals surface area contributed by atoms with Crippen molar-refractivity contribution in [2.75, 3.05) is 19.6 Å². The zero-order valence-corrected chi connectivity index (χ0v) is 10.7. The summed E-state index contributed by atoms with van der Waals surface area (Å²) >= 11 is 0. The highest BCUT2D eigenvalue weighted by atomic mass is 19.4. The summed E-state index contributed by atoms with van der Waals surface area (Å²) in [6, 6.07) is 0.476. The lowest BCUT2D eigenvalue weighted by Crippen LogP contribution is -2.40. The molecular weight excluding hydrogens is 245 g/mol. The topological polar surface area (TPSA) is 32.3 Å². The highest BCUT2D eigenvalue weighted by Crippen LogP contribution is 2.19. The van der Waals surface area contributed by atoms with E-state index < -0.39 is 18.6 Å². The van der Waals surface area contributed by atoms with Gasteiger partial charge in [0.05, 0.1) is 0 Å². The Morgan fingerprint density at radius 1 is 1.39 bits per heavy atom. The molecule has 18 heavy (non-hydrogen) atoms. The molecular formula is C12H21F3N2O. The number of hydrogen-bond donors (Lipinski definition) is 1. The molecule has 0 bridgehead atoms. The van der Waals surface area contributed by atoms with Gasteiger partial charge >= 0.3 is 6.18 Å². The number of nitrogens with one attached hydrogen (secondary N) is 1. The van der Waals surface area contributed by atoms with Crippen LogP contribution in [0.25, 0.3) is 0 Å². The fraction of sp³-hybridized carbons (Fsp3) is 0.917. The van der Waals surface area contributed by atoms with Gasteiger partial charge in [0.2, 0.25) is 5.91 Å². The Balaban J connectivity index is 2.32. The average Bonchev–Trinajstić information content (AvgIpc) is 3.06. The lowest BCUT2D eigenvalue weighted by molar-refractivity contribution is -0.161. The van der Waals surface area contributed by atoms with Crippen molar-refractivity contribution in [2.45, 2.75) is 51.2 Å². The van der Waals surface area contributed by atoms with E-state index in [1.165, 1.54) is 0 Å². The monoisotopic (exact) mass is 266 g/mol. The number of amides is 1. The van der Waals surface area contributed by atoms with Crippen LogP contribution in [0.4, 0.5) is 13.2 Å². The van der Waals surface area contributed by atoms with E-state index in [0.717, 1.165) is 24.2 Å². The summed E-state index contributed by atoms with van der Waals surface area (Å²) in [5, 5.41) is 3.13. The van der Waals surface area contributed by atoms with E-state index in [1.807, 2.05) is 6.92 Å². The van der Waals surface area contributed by atoms with Crippen LogP contribution >= 0.6 is 0 Å². The molecule has 0 atom stereocenters. The van der Waals surface area contributed by atoms with Crippen LogP contribution in [0.1, 0.15) is 39.0 Å². The van der Waals surface area contributed by atoms with Crippen molar-refractivity contribution in [1.82, 2.24) is 10.2 Å². The first-order chi connectivity index (χ1) is 8.42. The number of carbonyl (C=O) groups excluding carboxylic acids is 1. The van der Waals surface area contributed by atoms with Crippen LogP contribution in [0.15, 0.2) is 0 Å². The Kier molecular flexibility index (Phi) is 5.91. The molecule has 0 aromatic rings. The van der Waals surface area contributed by atoms with Gasteiger partial charge in [0.1, 0.15) is 6.54 Å². The zero-order valence-electron chi connectivity index (χ0n) is 10.7. The van der Waals surface area contributed by atoms with E-state index in [-0.39, 0.29) is 13.0 Å². The molecule has 1 fully saturated rings. The van der Waals surface area contributed by atoms with Crippen molar-refractivity contribution >= 4 is 5.91 Å². The number of alkyl halides is 3. The quantitative estimate of drug-likeness (QED) is 0.731. The van der Waals surface area contributed by atoms with Crippen LogP contribution in [0.5, 0.6) is 0 Å². The van der Waals surface area contributed by atoms with Crippen molar-refractivity contribution in [1.29, 1.82) is 0 Å². The lowest BCUT2D eigenvalue weighted by Gasteiger charge is -2.24. The summed E-state index contributed by atoms with van der Waals surface area (Å²) in [7, 11) is 0. The second-order valence-corrected chi connectivity index (χ2v) is 4.76. The average molecular weight is 266 g/mol. The number of halogens is 3. The molecule has 0 saturated heterocycles. The van der Waals surface area contributed by atoms with Gasteiger partial charge in [-0.1, -0.05) is 13.3 Å². The molecule has 1 aliphatic carbocycles. The third-order valence-electron chi connectivity index (χ3n) is 2.85. The molecule has 0 spiro atoms. The Labute approximate surface area is 106 Å². The Morgan fingerprint density at radius 2 is 2.06 bits per heavy atom. The normalized spacial score (nSPS) is 15.8. The number of hydrogen-bond acceptors (Lipinski definition) is 2. The minimum Gasteiger partial charge on any atom is -0.334 e. The molecule has 0 radical (unpaired) electrons. The first-order valence-corrected chi connectivity index (χ1v) is 6.50. The van der Waals surface area contributed by atoms with Gasteiger partial charge in [-0.2, -0.15) is 13.2 Å². The van der Waals surface area contributed by atoms with Crippen LogP contribution in [0, 0.1) is 0 Å². The second kappa shape index (κ2) is 6.97. The minimum absolute atomic E-state index is 0.149. The molecule has 1 saturated carbocycles. The van der Waals surface area contributed by atoms with Gasteiger partial charge in [0.25, 0.3) is 0 Å². The van der Waals surface area contributed by atoms with Gasteiger partial charge in [-0.3, -0.25) is 4.79 Å². The summed E-state index contributed by atoms with van der Waals surface area (Å²) in [6.07, 6.45) is -0.559. The van der Waals surface area contributed by atoms with Crippen molar-refractivity contribution in [3.8, 4) is 0 Å². The van der Waals surface area contributed by atoms with Gasteiger partial charge in [0, 0.05) is 25.6 Å². The summed E-state index contributed by atoms with van der Waals surface area (Å²) in [6.45, 7) is 1.43. The van der Waals surface area contributed by atoms with Crippen LogP contribution in [0.2, 0.25) is 0 Å². The molecule has 1 amide bonds. The van der Waals surface area contributed by atoms with Gasteiger partial charge < -0.3 is 10.2 Å². The fourth-order valence-corrected chi connectivity index (χ4v) is 1.69. The molecule has 0 aliphatic heterocycles. The number of nitrogens with zero attached hydrogens (tertiary/aromatic N) is 1. The summed E-state index contributed by atoms with van der Waals surface area (Å²) in [5.74, 6) is -0.408. The highest BCUT2D eigenvalue weighted by Gasteiger charge is 2.32. The van der Waals surface area contributed by atoms with Gasteiger partial charge in [-0.05, 0) is 19.3 Å². The molecule has 3 nitrogen and oxygen atoms in total. The van der Waals surface area contributed by atoms with E-state index in [1.54, 1.807) is 0 Å².